The highest BCUT2D eigenvalue weighted by Crippen LogP contribution is 2.25. The van der Waals surface area contributed by atoms with E-state index in [9.17, 15) is 9.59 Å². The molecule has 0 saturated carbocycles. The maximum Gasteiger partial charge on any atom is 0.358 e. The molecule has 0 aliphatic rings. The van der Waals surface area contributed by atoms with Gasteiger partial charge in [-0.25, -0.2) is 9.78 Å². The third kappa shape index (κ3) is 3.10. The van der Waals surface area contributed by atoms with Crippen molar-refractivity contribution in [2.45, 2.75) is 27.3 Å². The van der Waals surface area contributed by atoms with E-state index in [1.807, 2.05) is 13.8 Å². The van der Waals surface area contributed by atoms with E-state index in [-0.39, 0.29) is 16.4 Å². The lowest BCUT2D eigenvalue weighted by molar-refractivity contribution is 0.0591. The summed E-state index contributed by atoms with van der Waals surface area (Å²) in [6.45, 7) is 5.50. The lowest BCUT2D eigenvalue weighted by Gasteiger charge is -2.01. The van der Waals surface area contributed by atoms with Gasteiger partial charge in [0, 0.05) is 19.0 Å². The fourth-order valence-corrected chi connectivity index (χ4v) is 2.63. The lowest BCUT2D eigenvalue weighted by Crippen LogP contribution is -2.07. The second kappa shape index (κ2) is 6.04. The normalized spacial score (nSPS) is 10.5. The number of carbonyl (C=O) groups is 2. The molecule has 0 unspecified atom stereocenters. The predicted octanol–water partition coefficient (Wildman–Crippen LogP) is 2.35. The molecule has 0 spiro atoms. The van der Waals surface area contributed by atoms with Crippen LogP contribution >= 0.6 is 11.3 Å². The Kier molecular flexibility index (Phi) is 4.37. The molecular formula is C13H15N3O4S. The van der Waals surface area contributed by atoms with Gasteiger partial charge in [-0.05, 0) is 13.8 Å². The summed E-state index contributed by atoms with van der Waals surface area (Å²) >= 11 is 1.12. The van der Waals surface area contributed by atoms with Crippen LogP contribution < -0.4 is 5.32 Å². The van der Waals surface area contributed by atoms with Crippen molar-refractivity contribution in [1.29, 1.82) is 0 Å². The number of aromatic nitrogens is 2. The van der Waals surface area contributed by atoms with Gasteiger partial charge in [0.15, 0.2) is 16.6 Å². The Bertz CT molecular complexity index is 670. The highest BCUT2D eigenvalue weighted by atomic mass is 32.1. The molecule has 0 aliphatic heterocycles. The number of methoxy groups -OCH3 is 1. The number of aryl methyl sites for hydroxylation is 2. The molecule has 0 saturated heterocycles. The van der Waals surface area contributed by atoms with Crippen LogP contribution in [-0.2, 0) is 11.3 Å². The van der Waals surface area contributed by atoms with Gasteiger partial charge in [0.2, 0.25) is 0 Å². The molecule has 2 aromatic rings. The molecule has 1 N–H and O–H groups in total. The predicted molar refractivity (Wildman–Crippen MR) is 76.8 cm³/mol. The minimum absolute atomic E-state index is 0.0382. The number of ether oxygens (including phenoxy) is 1. The molecule has 8 heteroatoms. The molecule has 0 aliphatic carbocycles. The van der Waals surface area contributed by atoms with Gasteiger partial charge in [-0.15, -0.1) is 0 Å². The van der Waals surface area contributed by atoms with Gasteiger partial charge in [-0.3, -0.25) is 4.79 Å². The number of anilines is 1. The molecule has 21 heavy (non-hydrogen) atoms. The summed E-state index contributed by atoms with van der Waals surface area (Å²) in [5.74, 6) is -0.128. The van der Waals surface area contributed by atoms with Crippen LogP contribution in [0.5, 0.6) is 0 Å². The largest absolute Gasteiger partial charge is 0.464 e. The van der Waals surface area contributed by atoms with Crippen LogP contribution in [0.1, 0.15) is 44.1 Å². The monoisotopic (exact) mass is 309 g/mol. The molecule has 0 fully saturated rings. The number of esters is 1. The lowest BCUT2D eigenvalue weighted by atomic mass is 10.2. The van der Waals surface area contributed by atoms with Crippen LogP contribution in [0.25, 0.3) is 0 Å². The van der Waals surface area contributed by atoms with Crippen LogP contribution in [0.15, 0.2) is 4.52 Å². The number of nitrogens with zero attached hydrogens (tertiary/aromatic N) is 2. The topological polar surface area (TPSA) is 94.3 Å². The Morgan fingerprint density at radius 1 is 1.38 bits per heavy atom. The van der Waals surface area contributed by atoms with Gasteiger partial charge < -0.3 is 14.6 Å². The first-order chi connectivity index (χ1) is 9.93. The number of Topliss-reactive ketones (excluding diaryl/α,β-unsaturated/α-hetero) is 1. The average Bonchev–Trinajstić information content (AvgIpc) is 3.01. The SMILES string of the molecule is COC(=O)c1nc(NCc2c(C)noc2C)sc1C(C)=O. The first-order valence-electron chi connectivity index (χ1n) is 6.19. The number of ketones is 1. The molecule has 0 radical (unpaired) electrons. The van der Waals surface area contributed by atoms with Crippen molar-refractivity contribution in [2.75, 3.05) is 12.4 Å². The summed E-state index contributed by atoms with van der Waals surface area (Å²) in [5, 5.41) is 7.40. The fourth-order valence-electron chi connectivity index (χ4n) is 1.79. The third-order valence-electron chi connectivity index (χ3n) is 2.92. The van der Waals surface area contributed by atoms with E-state index in [1.54, 1.807) is 0 Å². The van der Waals surface area contributed by atoms with Gasteiger partial charge in [-0.2, -0.15) is 0 Å². The number of hydrogen-bond acceptors (Lipinski definition) is 8. The van der Waals surface area contributed by atoms with Crippen molar-refractivity contribution < 1.29 is 18.8 Å². The van der Waals surface area contributed by atoms with Crippen LogP contribution in [0.4, 0.5) is 5.13 Å². The quantitative estimate of drug-likeness (QED) is 0.669. The molecule has 112 valence electrons. The fraction of sp³-hybridized carbons (Fsp3) is 0.385. The second-order valence-electron chi connectivity index (χ2n) is 4.40. The minimum atomic E-state index is -0.623. The summed E-state index contributed by atoms with van der Waals surface area (Å²) < 4.78 is 9.70. The van der Waals surface area contributed by atoms with E-state index in [2.05, 4.69) is 20.2 Å². The van der Waals surface area contributed by atoms with Gasteiger partial charge in [0.05, 0.1) is 12.8 Å². The van der Waals surface area contributed by atoms with Gasteiger partial charge >= 0.3 is 5.97 Å². The number of nitrogens with one attached hydrogen (secondary N) is 1. The van der Waals surface area contributed by atoms with Crippen LogP contribution in [0.3, 0.4) is 0 Å². The van der Waals surface area contributed by atoms with Gasteiger partial charge in [0.25, 0.3) is 0 Å². The molecular weight excluding hydrogens is 294 g/mol. The second-order valence-corrected chi connectivity index (χ2v) is 5.40. The third-order valence-corrected chi connectivity index (χ3v) is 4.04. The van der Waals surface area contributed by atoms with E-state index in [4.69, 9.17) is 4.52 Å². The zero-order valence-corrected chi connectivity index (χ0v) is 13.0. The maximum absolute atomic E-state index is 11.6. The Morgan fingerprint density at radius 2 is 2.10 bits per heavy atom. The molecule has 0 aromatic carbocycles. The van der Waals surface area contributed by atoms with E-state index in [1.165, 1.54) is 14.0 Å². The van der Waals surface area contributed by atoms with Crippen molar-refractivity contribution in [3.05, 3.63) is 27.6 Å². The van der Waals surface area contributed by atoms with Crippen molar-refractivity contribution in [2.24, 2.45) is 0 Å². The highest BCUT2D eigenvalue weighted by molar-refractivity contribution is 7.17. The summed E-state index contributed by atoms with van der Waals surface area (Å²) in [6.07, 6.45) is 0. The first kappa shape index (κ1) is 15.2. The van der Waals surface area contributed by atoms with E-state index in [0.717, 1.165) is 28.4 Å². The molecule has 2 aromatic heterocycles. The smallest absolute Gasteiger partial charge is 0.358 e. The maximum atomic E-state index is 11.6. The van der Waals surface area contributed by atoms with Gasteiger partial charge in [0.1, 0.15) is 10.6 Å². The Morgan fingerprint density at radius 3 is 2.62 bits per heavy atom. The Labute approximate surface area is 125 Å². The van der Waals surface area contributed by atoms with Crippen molar-refractivity contribution >= 4 is 28.2 Å². The number of thiazole rings is 1. The Hall–Kier alpha value is -2.22. The molecule has 2 rings (SSSR count). The molecule has 7 nitrogen and oxygen atoms in total. The summed E-state index contributed by atoms with van der Waals surface area (Å²) in [5.41, 5.74) is 1.75. The van der Waals surface area contributed by atoms with E-state index in [0.29, 0.717) is 11.7 Å². The number of rotatable bonds is 5. The zero-order chi connectivity index (χ0) is 15.6. The first-order valence-corrected chi connectivity index (χ1v) is 7.01. The van der Waals surface area contributed by atoms with Crippen molar-refractivity contribution in [1.82, 2.24) is 10.1 Å². The molecule has 2 heterocycles. The van der Waals surface area contributed by atoms with E-state index >= 15 is 0 Å². The Balaban J connectivity index is 2.21. The number of carbonyl (C=O) groups excluding carboxylic acids is 2. The summed E-state index contributed by atoms with van der Waals surface area (Å²) in [7, 11) is 1.25. The van der Waals surface area contributed by atoms with Crippen molar-refractivity contribution in [3.8, 4) is 0 Å². The van der Waals surface area contributed by atoms with Crippen LogP contribution in [0, 0.1) is 13.8 Å². The molecule has 0 amide bonds. The van der Waals surface area contributed by atoms with Crippen LogP contribution in [-0.4, -0.2) is 29.0 Å². The minimum Gasteiger partial charge on any atom is -0.464 e. The number of hydrogen-bond donors (Lipinski definition) is 1. The van der Waals surface area contributed by atoms with Crippen molar-refractivity contribution in [3.63, 3.8) is 0 Å². The summed E-state index contributed by atoms with van der Waals surface area (Å²) in [4.78, 5) is 27.6. The van der Waals surface area contributed by atoms with Crippen LogP contribution in [0.2, 0.25) is 0 Å². The zero-order valence-electron chi connectivity index (χ0n) is 12.1. The molecule has 0 bridgehead atoms. The average molecular weight is 309 g/mol. The van der Waals surface area contributed by atoms with E-state index < -0.39 is 5.97 Å². The highest BCUT2D eigenvalue weighted by Gasteiger charge is 2.22. The summed E-state index contributed by atoms with van der Waals surface area (Å²) in [6, 6.07) is 0. The standard InChI is InChI=1S/C13H15N3O4S/c1-6-9(8(3)20-16-6)5-14-13-15-10(12(18)19-4)11(21-13)7(2)17/h5H2,1-4H3,(H,14,15). The van der Waals surface area contributed by atoms with Gasteiger partial charge in [-0.1, -0.05) is 16.5 Å². The molecule has 0 atom stereocenters.